The first-order valence-electron chi connectivity index (χ1n) is 6.43. The van der Waals surface area contributed by atoms with E-state index in [0.29, 0.717) is 11.4 Å². The van der Waals surface area contributed by atoms with Crippen LogP contribution in [0.15, 0.2) is 59.7 Å². The Balaban J connectivity index is 2.11. The van der Waals surface area contributed by atoms with Gasteiger partial charge in [-0.1, -0.05) is 30.3 Å². The summed E-state index contributed by atoms with van der Waals surface area (Å²) in [5, 5.41) is 9.64. The first-order chi connectivity index (χ1) is 10.1. The lowest BCUT2D eigenvalue weighted by atomic mass is 10.1. The second-order valence-corrected chi connectivity index (χ2v) is 4.66. The fraction of sp³-hybridized carbons (Fsp3) is 0.0625. The van der Waals surface area contributed by atoms with Crippen LogP contribution < -0.4 is 5.56 Å². The Morgan fingerprint density at radius 2 is 1.86 bits per heavy atom. The molecule has 0 aliphatic carbocycles. The lowest BCUT2D eigenvalue weighted by molar-refractivity contribution is 0.461. The molecule has 0 saturated heterocycles. The zero-order valence-corrected chi connectivity index (χ0v) is 11.4. The van der Waals surface area contributed by atoms with Crippen LogP contribution in [0.4, 0.5) is 0 Å². The lowest BCUT2D eigenvalue weighted by Crippen LogP contribution is -2.15. The molecular formula is C16H13N3O2. The number of hydrogen-bond donors (Lipinski definition) is 1. The van der Waals surface area contributed by atoms with Crippen LogP contribution in [0.3, 0.4) is 0 Å². The molecule has 0 spiro atoms. The second-order valence-electron chi connectivity index (χ2n) is 4.66. The highest BCUT2D eigenvalue weighted by Gasteiger charge is 2.08. The molecule has 0 saturated carbocycles. The summed E-state index contributed by atoms with van der Waals surface area (Å²) in [4.78, 5) is 20.2. The Hall–Kier alpha value is -2.95. The topological polar surface area (TPSA) is 68.0 Å². The Morgan fingerprint density at radius 3 is 2.57 bits per heavy atom. The molecule has 1 aromatic carbocycles. The quantitative estimate of drug-likeness (QED) is 0.781. The molecule has 104 valence electrons. The molecule has 2 heterocycles. The molecule has 0 unspecified atom stereocenters. The van der Waals surface area contributed by atoms with Gasteiger partial charge in [-0.15, -0.1) is 0 Å². The van der Waals surface area contributed by atoms with Gasteiger partial charge in [0.05, 0.1) is 5.69 Å². The van der Waals surface area contributed by atoms with E-state index >= 15 is 0 Å². The van der Waals surface area contributed by atoms with Crippen LogP contribution in [0.2, 0.25) is 0 Å². The zero-order valence-electron chi connectivity index (χ0n) is 11.4. The molecule has 2 aromatic heterocycles. The minimum absolute atomic E-state index is 0.316. The average molecular weight is 279 g/mol. The van der Waals surface area contributed by atoms with E-state index in [1.165, 1.54) is 10.6 Å². The van der Waals surface area contributed by atoms with Gasteiger partial charge in [0, 0.05) is 30.6 Å². The minimum atomic E-state index is -0.446. The van der Waals surface area contributed by atoms with Crippen LogP contribution in [-0.4, -0.2) is 19.6 Å². The molecule has 0 aliphatic heterocycles. The molecule has 0 atom stereocenters. The van der Waals surface area contributed by atoms with E-state index in [0.717, 1.165) is 11.3 Å². The van der Waals surface area contributed by atoms with Gasteiger partial charge in [-0.3, -0.25) is 4.79 Å². The van der Waals surface area contributed by atoms with Crippen LogP contribution in [0, 0.1) is 0 Å². The molecule has 3 rings (SSSR count). The lowest BCUT2D eigenvalue weighted by Gasteiger charge is -2.06. The van der Waals surface area contributed by atoms with Crippen LogP contribution in [0.1, 0.15) is 0 Å². The molecule has 21 heavy (non-hydrogen) atoms. The van der Waals surface area contributed by atoms with E-state index in [2.05, 4.69) is 9.97 Å². The van der Waals surface area contributed by atoms with Crippen molar-refractivity contribution in [1.29, 1.82) is 0 Å². The van der Waals surface area contributed by atoms with E-state index in [4.69, 9.17) is 0 Å². The molecule has 0 amide bonds. The van der Waals surface area contributed by atoms with Crippen molar-refractivity contribution in [2.75, 3.05) is 0 Å². The molecule has 3 aromatic rings. The summed E-state index contributed by atoms with van der Waals surface area (Å²) < 4.78 is 1.31. The van der Waals surface area contributed by atoms with Gasteiger partial charge < -0.3 is 9.67 Å². The third-order valence-electron chi connectivity index (χ3n) is 3.15. The maximum absolute atomic E-state index is 11.5. The Morgan fingerprint density at radius 1 is 1.10 bits per heavy atom. The van der Waals surface area contributed by atoms with Crippen molar-refractivity contribution < 1.29 is 5.11 Å². The van der Waals surface area contributed by atoms with Crippen LogP contribution in [-0.2, 0) is 7.05 Å². The summed E-state index contributed by atoms with van der Waals surface area (Å²) in [5.41, 5.74) is 1.91. The van der Waals surface area contributed by atoms with Gasteiger partial charge in [0.2, 0.25) is 0 Å². The first kappa shape index (κ1) is 13.1. The van der Waals surface area contributed by atoms with E-state index in [1.54, 1.807) is 19.4 Å². The minimum Gasteiger partial charge on any atom is -0.503 e. The number of hydrogen-bond acceptors (Lipinski definition) is 4. The smallest absolute Gasteiger partial charge is 0.292 e. The summed E-state index contributed by atoms with van der Waals surface area (Å²) in [7, 11) is 1.58. The van der Waals surface area contributed by atoms with Gasteiger partial charge in [0.15, 0.2) is 11.6 Å². The number of aryl methyl sites for hydroxylation is 1. The summed E-state index contributed by atoms with van der Waals surface area (Å²) in [6.07, 6.45) is 3.26. The normalized spacial score (nSPS) is 10.5. The van der Waals surface area contributed by atoms with Crippen molar-refractivity contribution in [3.63, 3.8) is 0 Å². The van der Waals surface area contributed by atoms with Crippen molar-refractivity contribution in [1.82, 2.24) is 14.5 Å². The van der Waals surface area contributed by atoms with E-state index in [1.807, 2.05) is 36.4 Å². The molecule has 0 fully saturated rings. The number of benzene rings is 1. The first-order valence-corrected chi connectivity index (χ1v) is 6.43. The number of aromatic nitrogens is 3. The van der Waals surface area contributed by atoms with Gasteiger partial charge in [-0.05, 0) is 12.1 Å². The largest absolute Gasteiger partial charge is 0.503 e. The molecular weight excluding hydrogens is 266 g/mol. The highest BCUT2D eigenvalue weighted by molar-refractivity contribution is 5.63. The SMILES string of the molecule is Cn1cc(-c2nccc(-c3ccccc3)n2)cc(O)c1=O. The van der Waals surface area contributed by atoms with Crippen molar-refractivity contribution in [3.8, 4) is 28.4 Å². The third kappa shape index (κ3) is 2.53. The van der Waals surface area contributed by atoms with Crippen LogP contribution in [0.25, 0.3) is 22.6 Å². The second kappa shape index (κ2) is 5.20. The highest BCUT2D eigenvalue weighted by atomic mass is 16.3. The van der Waals surface area contributed by atoms with Gasteiger partial charge >= 0.3 is 0 Å². The molecule has 5 nitrogen and oxygen atoms in total. The summed E-state index contributed by atoms with van der Waals surface area (Å²) in [6.45, 7) is 0. The highest BCUT2D eigenvalue weighted by Crippen LogP contribution is 2.21. The summed E-state index contributed by atoms with van der Waals surface area (Å²) in [5.74, 6) is 0.144. The maximum atomic E-state index is 11.5. The Kier molecular flexibility index (Phi) is 3.23. The van der Waals surface area contributed by atoms with Crippen molar-refractivity contribution >= 4 is 0 Å². The predicted octanol–water partition coefficient (Wildman–Crippen LogP) is 2.21. The summed E-state index contributed by atoms with van der Waals surface area (Å²) in [6, 6.07) is 12.9. The number of nitrogens with zero attached hydrogens (tertiary/aromatic N) is 3. The monoisotopic (exact) mass is 279 g/mol. The van der Waals surface area contributed by atoms with Gasteiger partial charge in [-0.2, -0.15) is 0 Å². The zero-order chi connectivity index (χ0) is 14.8. The maximum Gasteiger partial charge on any atom is 0.292 e. The fourth-order valence-electron chi connectivity index (χ4n) is 2.08. The third-order valence-corrected chi connectivity index (χ3v) is 3.15. The van der Waals surface area contributed by atoms with E-state index in [-0.39, 0.29) is 5.75 Å². The van der Waals surface area contributed by atoms with Crippen molar-refractivity contribution in [2.24, 2.45) is 7.05 Å². The molecule has 0 radical (unpaired) electrons. The van der Waals surface area contributed by atoms with Gasteiger partial charge in [0.1, 0.15) is 0 Å². The van der Waals surface area contributed by atoms with Crippen LogP contribution >= 0.6 is 0 Å². The van der Waals surface area contributed by atoms with Crippen molar-refractivity contribution in [2.45, 2.75) is 0 Å². The van der Waals surface area contributed by atoms with E-state index < -0.39 is 5.56 Å². The molecule has 0 bridgehead atoms. The summed E-state index contributed by atoms with van der Waals surface area (Å²) >= 11 is 0. The van der Waals surface area contributed by atoms with Crippen LogP contribution in [0.5, 0.6) is 5.75 Å². The number of rotatable bonds is 2. The van der Waals surface area contributed by atoms with Gasteiger partial charge in [0.25, 0.3) is 5.56 Å². The Bertz CT molecular complexity index is 815. The van der Waals surface area contributed by atoms with Crippen molar-refractivity contribution in [3.05, 3.63) is 65.2 Å². The number of pyridine rings is 1. The molecule has 0 aliphatic rings. The Labute approximate surface area is 121 Å². The standard InChI is InChI=1S/C16H13N3O2/c1-19-10-12(9-14(20)16(19)21)15-17-8-7-13(18-15)11-5-3-2-4-6-11/h2-10,20H,1H3. The fourth-order valence-corrected chi connectivity index (χ4v) is 2.08. The number of aromatic hydroxyl groups is 1. The molecule has 5 heteroatoms. The predicted molar refractivity (Wildman–Crippen MR) is 79.8 cm³/mol. The van der Waals surface area contributed by atoms with Gasteiger partial charge in [-0.25, -0.2) is 9.97 Å². The average Bonchev–Trinajstić information content (AvgIpc) is 2.53. The van der Waals surface area contributed by atoms with E-state index in [9.17, 15) is 9.90 Å². The molecule has 1 N–H and O–H groups in total.